The van der Waals surface area contributed by atoms with Crippen LogP contribution in [0.15, 0.2) is 35.3 Å². The lowest BCUT2D eigenvalue weighted by atomic mass is 9.92. The van der Waals surface area contributed by atoms with Crippen molar-refractivity contribution in [3.05, 3.63) is 58.0 Å². The maximum atomic E-state index is 13.0. The maximum Gasteiger partial charge on any atom is 0.273 e. The standard InChI is InChI=1S/C22H25FN6O4/c1-13(14-5-7-33-8-6-14)28(2)22(32)17-11-21(31)29-19(25-17)9-16(27-29)10-20(30)26-18-4-3-15(23)12-24-18/h3-4,9,11-14,27H,5-8,10H2,1-2H3,(H,24,26,30). The molecule has 1 aliphatic rings. The highest BCUT2D eigenvalue weighted by molar-refractivity contribution is 5.93. The number of H-pyrrole nitrogens is 1. The van der Waals surface area contributed by atoms with Crippen molar-refractivity contribution in [1.82, 2.24) is 24.5 Å². The predicted molar refractivity (Wildman–Crippen MR) is 117 cm³/mol. The molecule has 0 spiro atoms. The summed E-state index contributed by atoms with van der Waals surface area (Å²) in [5, 5.41) is 5.37. The van der Waals surface area contributed by atoms with Crippen LogP contribution in [0.5, 0.6) is 0 Å². The van der Waals surface area contributed by atoms with E-state index in [0.29, 0.717) is 24.8 Å². The molecule has 11 heteroatoms. The quantitative estimate of drug-likeness (QED) is 0.581. The Morgan fingerprint density at radius 3 is 2.79 bits per heavy atom. The molecule has 1 fully saturated rings. The average molecular weight is 456 g/mol. The Morgan fingerprint density at radius 1 is 1.33 bits per heavy atom. The normalized spacial score (nSPS) is 15.4. The minimum atomic E-state index is -0.507. The molecule has 3 aromatic rings. The Balaban J connectivity index is 1.48. The monoisotopic (exact) mass is 456 g/mol. The maximum absolute atomic E-state index is 13.0. The third-order valence-electron chi connectivity index (χ3n) is 5.95. The summed E-state index contributed by atoms with van der Waals surface area (Å²) in [6.07, 6.45) is 2.67. The van der Waals surface area contributed by atoms with Crippen molar-refractivity contribution in [2.24, 2.45) is 5.92 Å². The van der Waals surface area contributed by atoms with Gasteiger partial charge in [-0.05, 0) is 37.8 Å². The first kappa shape index (κ1) is 22.6. The minimum Gasteiger partial charge on any atom is -0.381 e. The molecule has 2 amide bonds. The molecule has 174 valence electrons. The molecule has 4 rings (SSSR count). The first-order valence-corrected chi connectivity index (χ1v) is 10.7. The van der Waals surface area contributed by atoms with Gasteiger partial charge in [-0.3, -0.25) is 19.5 Å². The highest BCUT2D eigenvalue weighted by atomic mass is 19.1. The number of carbonyl (C=O) groups is 2. The van der Waals surface area contributed by atoms with E-state index in [9.17, 15) is 18.8 Å². The fourth-order valence-electron chi connectivity index (χ4n) is 3.93. The summed E-state index contributed by atoms with van der Waals surface area (Å²) in [5.41, 5.74) is 0.252. The van der Waals surface area contributed by atoms with Gasteiger partial charge in [0.2, 0.25) is 5.91 Å². The number of ether oxygens (including phenoxy) is 1. The van der Waals surface area contributed by atoms with E-state index in [2.05, 4.69) is 20.4 Å². The SMILES string of the molecule is CC(C1CCOCC1)N(C)C(=O)c1cc(=O)n2[nH]c(CC(=O)Nc3ccc(F)cn3)cc2n1. The zero-order chi connectivity index (χ0) is 23.5. The molecule has 33 heavy (non-hydrogen) atoms. The summed E-state index contributed by atoms with van der Waals surface area (Å²) in [6.45, 7) is 3.35. The number of pyridine rings is 1. The van der Waals surface area contributed by atoms with Crippen molar-refractivity contribution < 1.29 is 18.7 Å². The number of nitrogens with one attached hydrogen (secondary N) is 2. The first-order chi connectivity index (χ1) is 15.8. The Hall–Kier alpha value is -3.60. The third-order valence-corrected chi connectivity index (χ3v) is 5.95. The first-order valence-electron chi connectivity index (χ1n) is 10.7. The Kier molecular flexibility index (Phi) is 6.50. The largest absolute Gasteiger partial charge is 0.381 e. The minimum absolute atomic E-state index is 0.0211. The topological polar surface area (TPSA) is 122 Å². The van der Waals surface area contributed by atoms with Gasteiger partial charge in [-0.15, -0.1) is 0 Å². The van der Waals surface area contributed by atoms with Gasteiger partial charge in [0.05, 0.1) is 12.6 Å². The van der Waals surface area contributed by atoms with Crippen LogP contribution in [0.25, 0.3) is 5.65 Å². The lowest BCUT2D eigenvalue weighted by Crippen LogP contribution is -2.42. The van der Waals surface area contributed by atoms with Crippen LogP contribution < -0.4 is 10.9 Å². The number of aromatic amines is 1. The van der Waals surface area contributed by atoms with E-state index >= 15 is 0 Å². The summed E-state index contributed by atoms with van der Waals surface area (Å²) in [7, 11) is 1.71. The lowest BCUT2D eigenvalue weighted by Gasteiger charge is -2.34. The Morgan fingerprint density at radius 2 is 2.09 bits per heavy atom. The van der Waals surface area contributed by atoms with Gasteiger partial charge in [0.15, 0.2) is 5.65 Å². The van der Waals surface area contributed by atoms with Gasteiger partial charge in [0, 0.05) is 44.1 Å². The summed E-state index contributed by atoms with van der Waals surface area (Å²) in [6, 6.07) is 5.24. The van der Waals surface area contributed by atoms with E-state index in [-0.39, 0.29) is 35.5 Å². The molecule has 1 unspecified atom stereocenters. The zero-order valence-corrected chi connectivity index (χ0v) is 18.4. The number of rotatable bonds is 6. The summed E-state index contributed by atoms with van der Waals surface area (Å²) in [5.74, 6) is -0.716. The number of aromatic nitrogens is 4. The van der Waals surface area contributed by atoms with Crippen LogP contribution in [0.2, 0.25) is 0 Å². The highest BCUT2D eigenvalue weighted by Gasteiger charge is 2.28. The second-order valence-electron chi connectivity index (χ2n) is 8.15. The van der Waals surface area contributed by atoms with Crippen molar-refractivity contribution in [3.63, 3.8) is 0 Å². The molecule has 1 saturated heterocycles. The van der Waals surface area contributed by atoms with E-state index in [1.54, 1.807) is 11.9 Å². The molecule has 1 aliphatic heterocycles. The van der Waals surface area contributed by atoms with Crippen LogP contribution in [-0.2, 0) is 16.0 Å². The average Bonchev–Trinajstić information content (AvgIpc) is 3.22. The Bertz CT molecular complexity index is 1220. The van der Waals surface area contributed by atoms with E-state index in [4.69, 9.17) is 4.74 Å². The van der Waals surface area contributed by atoms with Gasteiger partial charge < -0.3 is 15.0 Å². The van der Waals surface area contributed by atoms with Gasteiger partial charge in [-0.25, -0.2) is 18.9 Å². The van der Waals surface area contributed by atoms with Crippen LogP contribution in [0, 0.1) is 11.7 Å². The van der Waals surface area contributed by atoms with Crippen molar-refractivity contribution in [2.75, 3.05) is 25.6 Å². The number of hydrogen-bond donors (Lipinski definition) is 2. The molecule has 0 saturated carbocycles. The third kappa shape index (κ3) is 5.08. The fraction of sp³-hybridized carbons (Fsp3) is 0.409. The molecule has 0 aromatic carbocycles. The van der Waals surface area contributed by atoms with E-state index in [1.807, 2.05) is 6.92 Å². The number of fused-ring (bicyclic) bond motifs is 1. The molecule has 3 aromatic heterocycles. The van der Waals surface area contributed by atoms with Crippen LogP contribution in [0.4, 0.5) is 10.2 Å². The van der Waals surface area contributed by atoms with Gasteiger partial charge in [-0.1, -0.05) is 0 Å². The molecule has 2 N–H and O–H groups in total. The van der Waals surface area contributed by atoms with E-state index in [1.165, 1.54) is 28.8 Å². The zero-order valence-electron chi connectivity index (χ0n) is 18.4. The number of hydrogen-bond acceptors (Lipinski definition) is 6. The fourth-order valence-corrected chi connectivity index (χ4v) is 3.93. The van der Waals surface area contributed by atoms with Crippen LogP contribution in [0.1, 0.15) is 35.9 Å². The summed E-state index contributed by atoms with van der Waals surface area (Å²) in [4.78, 5) is 47.6. The van der Waals surface area contributed by atoms with E-state index < -0.39 is 17.3 Å². The number of halogens is 1. The van der Waals surface area contributed by atoms with Crippen molar-refractivity contribution in [2.45, 2.75) is 32.2 Å². The Labute approximate surface area is 188 Å². The summed E-state index contributed by atoms with van der Waals surface area (Å²) >= 11 is 0. The molecule has 0 bridgehead atoms. The second kappa shape index (κ2) is 9.49. The van der Waals surface area contributed by atoms with E-state index in [0.717, 1.165) is 19.0 Å². The second-order valence-corrected chi connectivity index (χ2v) is 8.15. The number of nitrogens with zero attached hydrogens (tertiary/aromatic N) is 4. The molecule has 4 heterocycles. The summed E-state index contributed by atoms with van der Waals surface area (Å²) < 4.78 is 19.5. The van der Waals surface area contributed by atoms with Crippen LogP contribution in [0.3, 0.4) is 0 Å². The number of carbonyl (C=O) groups excluding carboxylic acids is 2. The number of amides is 2. The molecule has 1 atom stereocenters. The van der Waals surface area contributed by atoms with Crippen LogP contribution in [-0.4, -0.2) is 62.6 Å². The molecule has 0 aliphatic carbocycles. The van der Waals surface area contributed by atoms with Gasteiger partial charge >= 0.3 is 0 Å². The smallest absolute Gasteiger partial charge is 0.273 e. The number of anilines is 1. The molecular formula is C22H25FN6O4. The molecule has 10 nitrogen and oxygen atoms in total. The van der Waals surface area contributed by atoms with Crippen LogP contribution >= 0.6 is 0 Å². The van der Waals surface area contributed by atoms with Crippen molar-refractivity contribution in [1.29, 1.82) is 0 Å². The van der Waals surface area contributed by atoms with Gasteiger partial charge in [0.1, 0.15) is 17.3 Å². The van der Waals surface area contributed by atoms with Gasteiger partial charge in [-0.2, -0.15) is 0 Å². The van der Waals surface area contributed by atoms with Crippen molar-refractivity contribution >= 4 is 23.3 Å². The van der Waals surface area contributed by atoms with Crippen molar-refractivity contribution in [3.8, 4) is 0 Å². The molecule has 0 radical (unpaired) electrons. The van der Waals surface area contributed by atoms with Gasteiger partial charge in [0.25, 0.3) is 11.5 Å². The lowest BCUT2D eigenvalue weighted by molar-refractivity contribution is -0.115. The highest BCUT2D eigenvalue weighted by Crippen LogP contribution is 2.22. The molecular weight excluding hydrogens is 431 g/mol. The predicted octanol–water partition coefficient (Wildman–Crippen LogP) is 1.62.